The molecule has 0 radical (unpaired) electrons. The summed E-state index contributed by atoms with van der Waals surface area (Å²) < 4.78 is 0. The highest BCUT2D eigenvalue weighted by Crippen LogP contribution is 2.27. The highest BCUT2D eigenvalue weighted by Gasteiger charge is 2.28. The third kappa shape index (κ3) is 2.17. The van der Waals surface area contributed by atoms with Crippen LogP contribution in [0.15, 0.2) is 0 Å². The molecule has 0 bridgehead atoms. The highest BCUT2D eigenvalue weighted by atomic mass is 32.1. The summed E-state index contributed by atoms with van der Waals surface area (Å²) >= 11 is 5.04. The molecule has 1 heterocycles. The molecular formula is C10H19N3S. The van der Waals surface area contributed by atoms with Gasteiger partial charge in [-0.2, -0.15) is 0 Å². The van der Waals surface area contributed by atoms with Crippen molar-refractivity contribution >= 4 is 17.3 Å². The van der Waals surface area contributed by atoms with Crippen LogP contribution in [0.3, 0.4) is 0 Å². The van der Waals surface area contributed by atoms with Gasteiger partial charge in [0.15, 0.2) is 5.11 Å². The molecule has 2 atom stereocenters. The first-order chi connectivity index (χ1) is 6.77. The molecule has 0 aromatic heterocycles. The molecule has 0 aromatic carbocycles. The van der Waals surface area contributed by atoms with E-state index < -0.39 is 0 Å². The number of hydrogen-bond acceptors (Lipinski definition) is 2. The SMILES string of the molecule is C[C@H]1CCCC[C@H]1N1CNC(=S)NC1. The molecule has 14 heavy (non-hydrogen) atoms. The first kappa shape index (κ1) is 10.2. The highest BCUT2D eigenvalue weighted by molar-refractivity contribution is 7.80. The Hall–Kier alpha value is -0.350. The molecule has 80 valence electrons. The van der Waals surface area contributed by atoms with Gasteiger partial charge in [-0.15, -0.1) is 0 Å². The fourth-order valence-corrected chi connectivity index (χ4v) is 2.67. The van der Waals surface area contributed by atoms with Crippen molar-refractivity contribution in [3.05, 3.63) is 0 Å². The van der Waals surface area contributed by atoms with E-state index in [1.54, 1.807) is 0 Å². The third-order valence-corrected chi connectivity index (χ3v) is 3.71. The Morgan fingerprint density at radius 3 is 2.50 bits per heavy atom. The van der Waals surface area contributed by atoms with Gasteiger partial charge in [0, 0.05) is 6.04 Å². The van der Waals surface area contributed by atoms with Crippen molar-refractivity contribution in [1.82, 2.24) is 15.5 Å². The minimum Gasteiger partial charge on any atom is -0.350 e. The van der Waals surface area contributed by atoms with Crippen molar-refractivity contribution in [1.29, 1.82) is 0 Å². The lowest BCUT2D eigenvalue weighted by Crippen LogP contribution is -2.58. The molecule has 3 nitrogen and oxygen atoms in total. The van der Waals surface area contributed by atoms with E-state index in [1.165, 1.54) is 25.7 Å². The van der Waals surface area contributed by atoms with Gasteiger partial charge in [0.1, 0.15) is 0 Å². The Morgan fingerprint density at radius 2 is 1.86 bits per heavy atom. The van der Waals surface area contributed by atoms with E-state index in [0.29, 0.717) is 0 Å². The number of nitrogens with zero attached hydrogens (tertiary/aromatic N) is 1. The van der Waals surface area contributed by atoms with Gasteiger partial charge in [-0.3, -0.25) is 4.90 Å². The van der Waals surface area contributed by atoms with Crippen LogP contribution in [0.5, 0.6) is 0 Å². The normalized spacial score (nSPS) is 34.8. The predicted molar refractivity (Wildman–Crippen MR) is 61.9 cm³/mol. The first-order valence-electron chi connectivity index (χ1n) is 5.53. The number of hydrogen-bond donors (Lipinski definition) is 2. The van der Waals surface area contributed by atoms with E-state index >= 15 is 0 Å². The summed E-state index contributed by atoms with van der Waals surface area (Å²) in [5.74, 6) is 0.832. The maximum absolute atomic E-state index is 5.04. The maximum atomic E-state index is 5.04. The molecule has 1 aliphatic heterocycles. The second kappa shape index (κ2) is 4.45. The van der Waals surface area contributed by atoms with Crippen LogP contribution < -0.4 is 10.6 Å². The van der Waals surface area contributed by atoms with Gasteiger partial charge in [0.25, 0.3) is 0 Å². The summed E-state index contributed by atoms with van der Waals surface area (Å²) in [5.41, 5.74) is 0. The van der Waals surface area contributed by atoms with Crippen molar-refractivity contribution in [2.75, 3.05) is 13.3 Å². The lowest BCUT2D eigenvalue weighted by Gasteiger charge is -2.41. The van der Waals surface area contributed by atoms with Gasteiger partial charge in [-0.05, 0) is 31.0 Å². The molecule has 0 spiro atoms. The molecule has 4 heteroatoms. The molecule has 2 N–H and O–H groups in total. The zero-order valence-corrected chi connectivity index (χ0v) is 9.57. The molecule has 1 saturated carbocycles. The molecule has 0 unspecified atom stereocenters. The van der Waals surface area contributed by atoms with Gasteiger partial charge in [-0.25, -0.2) is 0 Å². The Morgan fingerprint density at radius 1 is 1.21 bits per heavy atom. The van der Waals surface area contributed by atoms with Crippen LogP contribution in [-0.2, 0) is 0 Å². The molecule has 0 aromatic rings. The van der Waals surface area contributed by atoms with Crippen molar-refractivity contribution in [3.8, 4) is 0 Å². The summed E-state index contributed by atoms with van der Waals surface area (Å²) in [7, 11) is 0. The molecule has 1 saturated heterocycles. The maximum Gasteiger partial charge on any atom is 0.168 e. The second-order valence-corrected chi connectivity index (χ2v) is 4.82. The van der Waals surface area contributed by atoms with E-state index in [0.717, 1.165) is 30.4 Å². The second-order valence-electron chi connectivity index (χ2n) is 4.42. The number of nitrogens with one attached hydrogen (secondary N) is 2. The van der Waals surface area contributed by atoms with Gasteiger partial charge in [-0.1, -0.05) is 19.8 Å². The number of rotatable bonds is 1. The van der Waals surface area contributed by atoms with Crippen LogP contribution >= 0.6 is 12.2 Å². The molecule has 2 aliphatic rings. The monoisotopic (exact) mass is 213 g/mol. The summed E-state index contributed by atoms with van der Waals surface area (Å²) in [6.07, 6.45) is 5.52. The van der Waals surface area contributed by atoms with Crippen LogP contribution in [0.1, 0.15) is 32.6 Å². The number of thiocarbonyl (C=S) groups is 1. The first-order valence-corrected chi connectivity index (χ1v) is 5.94. The van der Waals surface area contributed by atoms with E-state index in [1.807, 2.05) is 0 Å². The molecule has 2 rings (SSSR count). The summed E-state index contributed by atoms with van der Waals surface area (Å²) in [6.45, 7) is 4.21. The predicted octanol–water partition coefficient (Wildman–Crippen LogP) is 1.26. The lowest BCUT2D eigenvalue weighted by atomic mass is 9.85. The lowest BCUT2D eigenvalue weighted by molar-refractivity contribution is 0.0973. The summed E-state index contributed by atoms with van der Waals surface area (Å²) in [5, 5.41) is 7.19. The topological polar surface area (TPSA) is 27.3 Å². The van der Waals surface area contributed by atoms with Crippen molar-refractivity contribution < 1.29 is 0 Å². The Balaban J connectivity index is 1.90. The smallest absolute Gasteiger partial charge is 0.168 e. The molecule has 0 amide bonds. The van der Waals surface area contributed by atoms with Crippen LogP contribution in [0.25, 0.3) is 0 Å². The van der Waals surface area contributed by atoms with E-state index in [4.69, 9.17) is 12.2 Å². The molecular weight excluding hydrogens is 194 g/mol. The van der Waals surface area contributed by atoms with Gasteiger partial charge >= 0.3 is 0 Å². The van der Waals surface area contributed by atoms with Crippen LogP contribution in [-0.4, -0.2) is 29.4 Å². The van der Waals surface area contributed by atoms with Crippen molar-refractivity contribution in [2.24, 2.45) is 5.92 Å². The minimum atomic E-state index is 0.742. The van der Waals surface area contributed by atoms with Gasteiger partial charge in [0.05, 0.1) is 13.3 Å². The molecule has 1 aliphatic carbocycles. The fraction of sp³-hybridized carbons (Fsp3) is 0.900. The zero-order chi connectivity index (χ0) is 9.97. The summed E-state index contributed by atoms with van der Waals surface area (Å²) in [4.78, 5) is 2.47. The Kier molecular flexibility index (Phi) is 3.23. The van der Waals surface area contributed by atoms with E-state index in [9.17, 15) is 0 Å². The average Bonchev–Trinajstić information content (AvgIpc) is 2.20. The fourth-order valence-electron chi connectivity index (χ4n) is 2.54. The van der Waals surface area contributed by atoms with Crippen molar-refractivity contribution in [2.45, 2.75) is 38.6 Å². The Bertz CT molecular complexity index is 209. The Labute approximate surface area is 91.2 Å². The molecule has 2 fully saturated rings. The average molecular weight is 213 g/mol. The van der Waals surface area contributed by atoms with E-state index in [-0.39, 0.29) is 0 Å². The zero-order valence-electron chi connectivity index (χ0n) is 8.75. The minimum absolute atomic E-state index is 0.742. The van der Waals surface area contributed by atoms with Crippen LogP contribution in [0.4, 0.5) is 0 Å². The summed E-state index contributed by atoms with van der Waals surface area (Å²) in [6, 6.07) is 0.742. The van der Waals surface area contributed by atoms with Crippen LogP contribution in [0.2, 0.25) is 0 Å². The standard InChI is InChI=1S/C10H19N3S/c1-8-4-2-3-5-9(8)13-6-11-10(14)12-7-13/h8-9H,2-7H2,1H3,(H2,11,12,14)/t8-,9+/m0/s1. The quantitative estimate of drug-likeness (QED) is 0.641. The van der Waals surface area contributed by atoms with E-state index in [2.05, 4.69) is 22.5 Å². The van der Waals surface area contributed by atoms with Gasteiger partial charge in [0.2, 0.25) is 0 Å². The largest absolute Gasteiger partial charge is 0.350 e. The van der Waals surface area contributed by atoms with Crippen LogP contribution in [0, 0.1) is 5.92 Å². The van der Waals surface area contributed by atoms with Crippen molar-refractivity contribution in [3.63, 3.8) is 0 Å². The van der Waals surface area contributed by atoms with Gasteiger partial charge < -0.3 is 10.6 Å². The third-order valence-electron chi connectivity index (χ3n) is 3.42.